The molecule has 0 heterocycles. The number of carbonyl (C=O) groups excluding carboxylic acids is 1. The molecule has 0 fully saturated rings. The summed E-state index contributed by atoms with van der Waals surface area (Å²) in [7, 11) is 1.70. The van der Waals surface area contributed by atoms with Gasteiger partial charge in [0.1, 0.15) is 0 Å². The summed E-state index contributed by atoms with van der Waals surface area (Å²) in [6.07, 6.45) is 3.29. The highest BCUT2D eigenvalue weighted by Gasteiger charge is 2.18. The molecule has 0 aliphatic carbocycles. The number of amides is 1. The molecule has 0 aliphatic rings. The maximum absolute atomic E-state index is 11.6. The van der Waals surface area contributed by atoms with Crippen molar-refractivity contribution in [1.82, 2.24) is 5.32 Å². The molecule has 0 saturated heterocycles. The summed E-state index contributed by atoms with van der Waals surface area (Å²) >= 11 is 0. The Hall–Kier alpha value is -0.610. The lowest BCUT2D eigenvalue weighted by atomic mass is 9.89. The van der Waals surface area contributed by atoms with Crippen LogP contribution >= 0.6 is 0 Å². The van der Waals surface area contributed by atoms with Crippen molar-refractivity contribution in [3.63, 3.8) is 0 Å². The Morgan fingerprint density at radius 3 is 2.65 bits per heavy atom. The van der Waals surface area contributed by atoms with E-state index in [1.54, 1.807) is 7.11 Å². The van der Waals surface area contributed by atoms with Gasteiger partial charge in [0.15, 0.2) is 0 Å². The van der Waals surface area contributed by atoms with Gasteiger partial charge in [-0.3, -0.25) is 4.79 Å². The van der Waals surface area contributed by atoms with E-state index in [9.17, 15) is 4.79 Å². The molecular weight excluding hydrogens is 216 g/mol. The van der Waals surface area contributed by atoms with Crippen molar-refractivity contribution in [3.05, 3.63) is 0 Å². The van der Waals surface area contributed by atoms with Gasteiger partial charge in [-0.15, -0.1) is 0 Å². The maximum Gasteiger partial charge on any atom is 0.220 e. The van der Waals surface area contributed by atoms with Crippen molar-refractivity contribution in [1.29, 1.82) is 0 Å². The molecule has 102 valence electrons. The molecule has 4 nitrogen and oxygen atoms in total. The van der Waals surface area contributed by atoms with Crippen molar-refractivity contribution in [2.24, 2.45) is 11.1 Å². The van der Waals surface area contributed by atoms with Gasteiger partial charge >= 0.3 is 0 Å². The zero-order valence-corrected chi connectivity index (χ0v) is 11.7. The number of hydrogen-bond donors (Lipinski definition) is 2. The van der Waals surface area contributed by atoms with Crippen molar-refractivity contribution in [2.45, 2.75) is 52.5 Å². The molecule has 17 heavy (non-hydrogen) atoms. The minimum atomic E-state index is 0.0901. The average Bonchev–Trinajstić information content (AvgIpc) is 2.23. The van der Waals surface area contributed by atoms with Crippen LogP contribution in [0.3, 0.4) is 0 Å². The van der Waals surface area contributed by atoms with Crippen molar-refractivity contribution in [2.75, 3.05) is 20.3 Å². The smallest absolute Gasteiger partial charge is 0.220 e. The van der Waals surface area contributed by atoms with E-state index < -0.39 is 0 Å². The SMILES string of the molecule is COCCC(C)(C)CNC(=O)CCCC(C)N. The van der Waals surface area contributed by atoms with Gasteiger partial charge < -0.3 is 15.8 Å². The van der Waals surface area contributed by atoms with Gasteiger partial charge in [0.05, 0.1) is 0 Å². The molecule has 0 saturated carbocycles. The number of nitrogens with two attached hydrogens (primary N) is 1. The molecule has 0 bridgehead atoms. The summed E-state index contributed by atoms with van der Waals surface area (Å²) in [4.78, 5) is 11.6. The monoisotopic (exact) mass is 244 g/mol. The Morgan fingerprint density at radius 2 is 2.12 bits per heavy atom. The third-order valence-electron chi connectivity index (χ3n) is 2.81. The van der Waals surface area contributed by atoms with Crippen LogP contribution in [0.2, 0.25) is 0 Å². The van der Waals surface area contributed by atoms with Gasteiger partial charge in [0.2, 0.25) is 5.91 Å². The Balaban J connectivity index is 3.67. The highest BCUT2D eigenvalue weighted by Crippen LogP contribution is 2.18. The first-order valence-corrected chi connectivity index (χ1v) is 6.38. The van der Waals surface area contributed by atoms with Crippen LogP contribution in [0.1, 0.15) is 46.5 Å². The fourth-order valence-electron chi connectivity index (χ4n) is 1.48. The van der Waals surface area contributed by atoms with Crippen LogP contribution in [0.4, 0.5) is 0 Å². The van der Waals surface area contributed by atoms with Crippen molar-refractivity contribution in [3.8, 4) is 0 Å². The average molecular weight is 244 g/mol. The highest BCUT2D eigenvalue weighted by atomic mass is 16.5. The van der Waals surface area contributed by atoms with Gasteiger partial charge in [-0.25, -0.2) is 0 Å². The summed E-state index contributed by atoms with van der Waals surface area (Å²) in [5, 5.41) is 2.97. The van der Waals surface area contributed by atoms with Gasteiger partial charge in [-0.05, 0) is 31.6 Å². The molecule has 3 N–H and O–H groups in total. The predicted molar refractivity (Wildman–Crippen MR) is 70.8 cm³/mol. The lowest BCUT2D eigenvalue weighted by molar-refractivity contribution is -0.121. The number of carbonyl (C=O) groups is 1. The van der Waals surface area contributed by atoms with Crippen molar-refractivity contribution >= 4 is 5.91 Å². The van der Waals surface area contributed by atoms with E-state index in [1.165, 1.54) is 0 Å². The van der Waals surface area contributed by atoms with E-state index in [2.05, 4.69) is 19.2 Å². The molecule has 0 rings (SSSR count). The number of ether oxygens (including phenoxy) is 1. The van der Waals surface area contributed by atoms with Crippen molar-refractivity contribution < 1.29 is 9.53 Å². The van der Waals surface area contributed by atoms with E-state index in [-0.39, 0.29) is 17.4 Å². The summed E-state index contributed by atoms with van der Waals surface area (Å²) in [5.74, 6) is 0.121. The van der Waals surface area contributed by atoms with E-state index in [0.717, 1.165) is 25.9 Å². The molecule has 1 unspecified atom stereocenters. The predicted octanol–water partition coefficient (Wildman–Crippen LogP) is 1.68. The third-order valence-corrected chi connectivity index (χ3v) is 2.81. The Kier molecular flexibility index (Phi) is 8.17. The molecule has 0 spiro atoms. The van der Waals surface area contributed by atoms with Crippen LogP contribution in [-0.2, 0) is 9.53 Å². The zero-order chi connectivity index (χ0) is 13.3. The first-order valence-electron chi connectivity index (χ1n) is 6.38. The van der Waals surface area contributed by atoms with Crippen LogP contribution in [0.5, 0.6) is 0 Å². The largest absolute Gasteiger partial charge is 0.385 e. The van der Waals surface area contributed by atoms with Gasteiger partial charge in [0.25, 0.3) is 0 Å². The first kappa shape index (κ1) is 16.4. The minimum Gasteiger partial charge on any atom is -0.385 e. The van der Waals surface area contributed by atoms with E-state index >= 15 is 0 Å². The normalized spacial score (nSPS) is 13.5. The Bertz CT molecular complexity index is 215. The molecule has 1 amide bonds. The van der Waals surface area contributed by atoms with Crippen LogP contribution in [0, 0.1) is 5.41 Å². The standard InChI is InChI=1S/C13H28N2O2/c1-11(14)6-5-7-12(16)15-10-13(2,3)8-9-17-4/h11H,5-10,14H2,1-4H3,(H,15,16). The van der Waals surface area contributed by atoms with Crippen LogP contribution < -0.4 is 11.1 Å². The summed E-state index contributed by atoms with van der Waals surface area (Å²) in [5.41, 5.74) is 5.72. The molecule has 0 aromatic carbocycles. The number of nitrogens with one attached hydrogen (secondary N) is 1. The molecule has 0 radical (unpaired) electrons. The van der Waals surface area contributed by atoms with Gasteiger partial charge in [0, 0.05) is 32.7 Å². The summed E-state index contributed by atoms with van der Waals surface area (Å²) in [6.45, 7) is 7.66. The number of rotatable bonds is 9. The summed E-state index contributed by atoms with van der Waals surface area (Å²) < 4.78 is 5.05. The lowest BCUT2D eigenvalue weighted by Gasteiger charge is -2.24. The molecule has 0 aromatic heterocycles. The second-order valence-corrected chi connectivity index (χ2v) is 5.55. The molecule has 0 aromatic rings. The Labute approximate surface area is 105 Å². The summed E-state index contributed by atoms with van der Waals surface area (Å²) in [6, 6.07) is 0.181. The second-order valence-electron chi connectivity index (χ2n) is 5.55. The fraction of sp³-hybridized carbons (Fsp3) is 0.923. The number of methoxy groups -OCH3 is 1. The van der Waals surface area contributed by atoms with Crippen LogP contribution in [0.15, 0.2) is 0 Å². The first-order chi connectivity index (χ1) is 7.87. The zero-order valence-electron chi connectivity index (χ0n) is 11.7. The minimum absolute atomic E-state index is 0.0901. The third kappa shape index (κ3) is 10.3. The molecule has 1 atom stereocenters. The number of hydrogen-bond acceptors (Lipinski definition) is 3. The topological polar surface area (TPSA) is 64.3 Å². The molecular formula is C13H28N2O2. The lowest BCUT2D eigenvalue weighted by Crippen LogP contribution is -2.34. The molecule has 4 heteroatoms. The second kappa shape index (κ2) is 8.48. The van der Waals surface area contributed by atoms with E-state index in [1.807, 2.05) is 6.92 Å². The van der Waals surface area contributed by atoms with Gasteiger partial charge in [-0.1, -0.05) is 13.8 Å². The highest BCUT2D eigenvalue weighted by molar-refractivity contribution is 5.75. The fourth-order valence-corrected chi connectivity index (χ4v) is 1.48. The quantitative estimate of drug-likeness (QED) is 0.648. The van der Waals surface area contributed by atoms with E-state index in [0.29, 0.717) is 13.0 Å². The maximum atomic E-state index is 11.6. The van der Waals surface area contributed by atoms with Crippen LogP contribution in [-0.4, -0.2) is 32.2 Å². The van der Waals surface area contributed by atoms with Crippen LogP contribution in [0.25, 0.3) is 0 Å². The Morgan fingerprint density at radius 1 is 1.47 bits per heavy atom. The van der Waals surface area contributed by atoms with Gasteiger partial charge in [-0.2, -0.15) is 0 Å². The van der Waals surface area contributed by atoms with E-state index in [4.69, 9.17) is 10.5 Å². The molecule has 0 aliphatic heterocycles.